The molecule has 0 aliphatic heterocycles. The average molecular weight is 698 g/mol. The number of hydrogen-bond acceptors (Lipinski definition) is 1. The van der Waals surface area contributed by atoms with E-state index < -0.39 is 0 Å². The molecule has 4 aromatic carbocycles. The molecule has 0 aliphatic rings. The van der Waals surface area contributed by atoms with Crippen molar-refractivity contribution in [1.29, 1.82) is 0 Å². The monoisotopic (exact) mass is 696 g/mol. The Balaban J connectivity index is 0.00000336. The summed E-state index contributed by atoms with van der Waals surface area (Å²) >= 11 is 7.17. The van der Waals surface area contributed by atoms with Crippen molar-refractivity contribution in [3.63, 3.8) is 0 Å². The second kappa shape index (κ2) is 17.3. The topological polar surface area (TPSA) is 7.12 Å². The molecular weight excluding hydrogens is 671 g/mol. The molecule has 0 amide bonds. The smallest absolute Gasteiger partial charge is 1.00 e. The van der Waals surface area contributed by atoms with E-state index in [1.54, 1.807) is 0 Å². The van der Waals surface area contributed by atoms with Gasteiger partial charge in [0.15, 0.2) is 0 Å². The summed E-state index contributed by atoms with van der Waals surface area (Å²) in [6.07, 6.45) is 4.40. The molecule has 214 valence electrons. The molecule has 0 saturated heterocycles. The number of para-hydroxylation sites is 1. The molecule has 0 bridgehead atoms. The van der Waals surface area contributed by atoms with Crippen LogP contribution in [0.25, 0.3) is 40.2 Å². The number of halogens is 6. The van der Waals surface area contributed by atoms with Gasteiger partial charge in [0.25, 0.3) is 0 Å². The van der Waals surface area contributed by atoms with Crippen LogP contribution >= 0.6 is 31.9 Å². The number of anilines is 1. The molecule has 0 spiro atoms. The van der Waals surface area contributed by atoms with Crippen LogP contribution in [0.5, 0.6) is 0 Å². The van der Waals surface area contributed by atoms with E-state index in [1.807, 2.05) is 0 Å². The van der Waals surface area contributed by atoms with Crippen LogP contribution in [-0.2, 0) is 0 Å². The van der Waals surface area contributed by atoms with Crippen molar-refractivity contribution in [2.45, 2.75) is 0 Å². The van der Waals surface area contributed by atoms with Crippen LogP contribution in [-0.4, -0.2) is 22.5 Å². The van der Waals surface area contributed by atoms with Gasteiger partial charge < -0.3 is 23.7 Å². The van der Waals surface area contributed by atoms with Crippen molar-refractivity contribution in [2.24, 2.45) is 0 Å². The van der Waals surface area contributed by atoms with E-state index >= 15 is 0 Å². The van der Waals surface area contributed by atoms with Crippen molar-refractivity contribution in [1.82, 2.24) is 0 Å². The summed E-state index contributed by atoms with van der Waals surface area (Å²) in [7, 11) is 4.12. The maximum Gasteiger partial charge on any atom is 3.00 e. The third kappa shape index (κ3) is 8.91. The van der Waals surface area contributed by atoms with Gasteiger partial charge in [0, 0.05) is 64.6 Å². The third-order valence-electron chi connectivity index (χ3n) is 6.28. The molecule has 1 heterocycles. The molecule has 1 aromatic heterocycles. The molecule has 0 fully saturated rings. The summed E-state index contributed by atoms with van der Waals surface area (Å²) in [6, 6.07) is 40.7. The Hall–Kier alpha value is -3.69. The fraction of sp³-hybridized carbons (Fsp3) is 0.0606. The molecule has 0 N–H and O–H groups in total. The Labute approximate surface area is 263 Å². The SMILES string of the molecule is CN(C)c1ccc(/C=C/c2cc(-c3ccc(Br)cc3)cc(-c3ccc(Br)cc3)[n+]2-c2ccccc2)cc1.[B+3].[F-].[F-].[F-].[F-]. The standard InChI is InChI=1S/C33H27Br2N2.B.4FH/c1-36(2)30-19-8-24(9-20-30)10-21-32-22-27(25-11-15-28(34)16-12-25)23-33(26-13-17-29(35)18-14-26)37(32)31-6-4-3-5-7-31;;;;;/h3-23H,1-2H3;;4*1H/q+1;+3;;;;/p-4. The predicted molar refractivity (Wildman–Crippen MR) is 170 cm³/mol. The van der Waals surface area contributed by atoms with Gasteiger partial charge in [-0.15, -0.1) is 0 Å². The predicted octanol–water partition coefficient (Wildman–Crippen LogP) is -3.31. The van der Waals surface area contributed by atoms with Crippen LogP contribution in [0.1, 0.15) is 11.3 Å². The molecule has 5 rings (SSSR count). The van der Waals surface area contributed by atoms with Crippen LogP contribution in [0.4, 0.5) is 5.69 Å². The number of nitrogens with zero attached hydrogens (tertiary/aromatic N) is 2. The van der Waals surface area contributed by atoms with Crippen molar-refractivity contribution >= 4 is 58.1 Å². The van der Waals surface area contributed by atoms with Gasteiger partial charge in [0.2, 0.25) is 17.1 Å². The first-order chi connectivity index (χ1) is 18.0. The number of rotatable bonds is 6. The quantitative estimate of drug-likeness (QED) is 0.103. The number of pyridine rings is 1. The second-order valence-corrected chi connectivity index (χ2v) is 10.9. The van der Waals surface area contributed by atoms with Crippen LogP contribution in [0.2, 0.25) is 0 Å². The van der Waals surface area contributed by atoms with E-state index in [0.717, 1.165) is 37.1 Å². The Bertz CT molecular complexity index is 1550. The van der Waals surface area contributed by atoms with E-state index in [1.165, 1.54) is 16.8 Å². The molecule has 9 heteroatoms. The van der Waals surface area contributed by atoms with E-state index in [0.29, 0.717) is 0 Å². The molecule has 0 atom stereocenters. The van der Waals surface area contributed by atoms with E-state index in [4.69, 9.17) is 0 Å². The second-order valence-electron chi connectivity index (χ2n) is 9.06. The summed E-state index contributed by atoms with van der Waals surface area (Å²) in [5.74, 6) is 0. The average Bonchev–Trinajstić information content (AvgIpc) is 2.93. The fourth-order valence-electron chi connectivity index (χ4n) is 4.31. The first-order valence-electron chi connectivity index (χ1n) is 12.1. The van der Waals surface area contributed by atoms with Crippen LogP contribution in [0.3, 0.4) is 0 Å². The Kier molecular flexibility index (Phi) is 15.8. The minimum atomic E-state index is 0. The zero-order valence-corrected chi connectivity index (χ0v) is 26.0. The number of hydrogen-bond donors (Lipinski definition) is 0. The minimum absolute atomic E-state index is 0. The van der Waals surface area contributed by atoms with Crippen molar-refractivity contribution in [2.75, 3.05) is 19.0 Å². The van der Waals surface area contributed by atoms with E-state index in [9.17, 15) is 0 Å². The Morgan fingerprint density at radius 2 is 1.10 bits per heavy atom. The fourth-order valence-corrected chi connectivity index (χ4v) is 4.84. The molecule has 0 aliphatic carbocycles. The van der Waals surface area contributed by atoms with Gasteiger partial charge in [-0.25, -0.2) is 0 Å². The summed E-state index contributed by atoms with van der Waals surface area (Å²) < 4.78 is 4.46. The summed E-state index contributed by atoms with van der Waals surface area (Å²) in [5.41, 5.74) is 9.17. The molecule has 0 saturated carbocycles. The van der Waals surface area contributed by atoms with Crippen molar-refractivity contribution in [3.05, 3.63) is 135 Å². The maximum absolute atomic E-state index is 3.59. The minimum Gasteiger partial charge on any atom is -1.00 e. The molecule has 0 radical (unpaired) electrons. The molecule has 5 aromatic rings. The van der Waals surface area contributed by atoms with Crippen LogP contribution in [0, 0.1) is 0 Å². The first-order valence-corrected chi connectivity index (χ1v) is 13.7. The van der Waals surface area contributed by atoms with Crippen molar-refractivity contribution < 1.29 is 23.4 Å². The molecule has 2 nitrogen and oxygen atoms in total. The van der Waals surface area contributed by atoms with Gasteiger partial charge in [-0.1, -0.05) is 74.3 Å². The number of aromatic nitrogens is 1. The van der Waals surface area contributed by atoms with Crippen molar-refractivity contribution in [3.8, 4) is 28.1 Å². The van der Waals surface area contributed by atoms with Gasteiger partial charge in [-0.05, 0) is 71.3 Å². The zero-order valence-electron chi connectivity index (χ0n) is 22.9. The van der Waals surface area contributed by atoms with E-state index in [-0.39, 0.29) is 27.2 Å². The van der Waals surface area contributed by atoms with Gasteiger partial charge in [-0.3, -0.25) is 0 Å². The van der Waals surface area contributed by atoms with Gasteiger partial charge in [-0.2, -0.15) is 4.57 Å². The maximum atomic E-state index is 3.59. The Morgan fingerprint density at radius 1 is 0.571 bits per heavy atom. The number of benzene rings is 4. The normalized spacial score (nSPS) is 9.81. The molecular formula is C33H27BBr2F4N2. The molecule has 42 heavy (non-hydrogen) atoms. The van der Waals surface area contributed by atoms with Crippen LogP contribution in [0.15, 0.2) is 124 Å². The van der Waals surface area contributed by atoms with Gasteiger partial charge in [0.05, 0.1) is 0 Å². The Morgan fingerprint density at radius 3 is 1.62 bits per heavy atom. The zero-order chi connectivity index (χ0) is 25.8. The van der Waals surface area contributed by atoms with Gasteiger partial charge in [0.1, 0.15) is 0 Å². The third-order valence-corrected chi connectivity index (χ3v) is 7.34. The first kappa shape index (κ1) is 38.3. The largest absolute Gasteiger partial charge is 3.00 e. The summed E-state index contributed by atoms with van der Waals surface area (Å²) in [5, 5.41) is 0. The summed E-state index contributed by atoms with van der Waals surface area (Å²) in [6.45, 7) is 0. The van der Waals surface area contributed by atoms with Crippen LogP contribution < -0.4 is 28.3 Å². The molecule has 0 unspecified atom stereocenters. The van der Waals surface area contributed by atoms with E-state index in [2.05, 4.69) is 183 Å². The van der Waals surface area contributed by atoms with Gasteiger partial charge >= 0.3 is 8.41 Å². The summed E-state index contributed by atoms with van der Waals surface area (Å²) in [4.78, 5) is 2.11.